The lowest BCUT2D eigenvalue weighted by atomic mass is 9.64. The number of para-hydroxylation sites is 5. The van der Waals surface area contributed by atoms with Crippen LogP contribution < -0.4 is 9.80 Å². The molecule has 0 saturated carbocycles. The van der Waals surface area contributed by atoms with Gasteiger partial charge in [-0.2, -0.15) is 5.26 Å². The summed E-state index contributed by atoms with van der Waals surface area (Å²) in [7, 11) is 0. The van der Waals surface area contributed by atoms with Gasteiger partial charge in [-0.05, 0) is 116 Å². The van der Waals surface area contributed by atoms with Crippen LogP contribution in [-0.4, -0.2) is 0 Å². The van der Waals surface area contributed by atoms with Crippen molar-refractivity contribution in [3.05, 3.63) is 240 Å². The molecule has 0 bridgehead atoms. The highest BCUT2D eigenvalue weighted by atomic mass is 19.1. The second kappa shape index (κ2) is 13.3. The van der Waals surface area contributed by atoms with Crippen molar-refractivity contribution in [3.8, 4) is 17.2 Å². The van der Waals surface area contributed by atoms with Gasteiger partial charge in [0.15, 0.2) is 11.2 Å². The van der Waals surface area contributed by atoms with Crippen LogP contribution in [0.5, 0.6) is 0 Å². The molecular weight excluding hydrogens is 774 g/mol. The largest absolute Gasteiger partial charge is 0.452 e. The summed E-state index contributed by atoms with van der Waals surface area (Å²) < 4.78 is 21.7. The zero-order valence-electron chi connectivity index (χ0n) is 33.8. The Morgan fingerprint density at radius 3 is 1.83 bits per heavy atom. The molecule has 0 atom stereocenters. The van der Waals surface area contributed by atoms with Crippen molar-refractivity contribution < 1.29 is 8.81 Å². The van der Waals surface area contributed by atoms with E-state index in [1.165, 1.54) is 50.7 Å². The van der Waals surface area contributed by atoms with Gasteiger partial charge in [-0.1, -0.05) is 140 Å². The van der Waals surface area contributed by atoms with E-state index in [9.17, 15) is 9.65 Å². The molecule has 10 aromatic carbocycles. The summed E-state index contributed by atoms with van der Waals surface area (Å²) in [5.74, 6) is -0.321. The predicted octanol–water partition coefficient (Wildman–Crippen LogP) is 15.5. The van der Waals surface area contributed by atoms with Gasteiger partial charge in [0.05, 0.1) is 33.7 Å². The Morgan fingerprint density at radius 1 is 0.476 bits per heavy atom. The molecule has 1 aromatic heterocycles. The fourth-order valence-electron chi connectivity index (χ4n) is 10.9. The van der Waals surface area contributed by atoms with E-state index in [1.54, 1.807) is 6.07 Å². The number of halogens is 1. The summed E-state index contributed by atoms with van der Waals surface area (Å²) in [5, 5.41) is 16.4. The Balaban J connectivity index is 1.21. The van der Waals surface area contributed by atoms with E-state index in [1.807, 2.05) is 36.4 Å². The van der Waals surface area contributed by atoms with E-state index in [2.05, 4.69) is 168 Å². The molecule has 2 aliphatic rings. The smallest absolute Gasteiger partial charge is 0.159 e. The van der Waals surface area contributed by atoms with Crippen LogP contribution in [0.3, 0.4) is 0 Å². The average molecular weight is 808 g/mol. The van der Waals surface area contributed by atoms with Gasteiger partial charge in [0, 0.05) is 27.5 Å². The van der Waals surface area contributed by atoms with Gasteiger partial charge in [-0.15, -0.1) is 0 Å². The van der Waals surface area contributed by atoms with Crippen molar-refractivity contribution in [2.24, 2.45) is 0 Å². The van der Waals surface area contributed by atoms with Crippen LogP contribution in [-0.2, 0) is 5.41 Å². The monoisotopic (exact) mass is 807 g/mol. The number of hydrogen-bond donors (Lipinski definition) is 0. The first-order valence-electron chi connectivity index (χ1n) is 21.2. The summed E-state index contributed by atoms with van der Waals surface area (Å²) in [5.41, 5.74) is 13.8. The first-order chi connectivity index (χ1) is 31.1. The fourth-order valence-corrected chi connectivity index (χ4v) is 10.9. The van der Waals surface area contributed by atoms with E-state index in [0.717, 1.165) is 61.2 Å². The van der Waals surface area contributed by atoms with Crippen LogP contribution in [0, 0.1) is 17.1 Å². The number of furan rings is 1. The maximum absolute atomic E-state index is 14.9. The third-order valence-electron chi connectivity index (χ3n) is 13.3. The lowest BCUT2D eigenvalue weighted by molar-refractivity contribution is 0.628. The highest BCUT2D eigenvalue weighted by Gasteiger charge is 2.53. The van der Waals surface area contributed by atoms with E-state index >= 15 is 0 Å². The van der Waals surface area contributed by atoms with Crippen molar-refractivity contribution in [1.29, 1.82) is 5.26 Å². The number of rotatable bonds is 4. The minimum Gasteiger partial charge on any atom is -0.452 e. The number of benzene rings is 10. The molecule has 0 saturated heterocycles. The van der Waals surface area contributed by atoms with E-state index in [-0.39, 0.29) is 5.82 Å². The van der Waals surface area contributed by atoms with Gasteiger partial charge >= 0.3 is 0 Å². The number of fused-ring (bicyclic) bond motifs is 16. The van der Waals surface area contributed by atoms with E-state index in [0.29, 0.717) is 16.7 Å². The number of anilines is 6. The summed E-state index contributed by atoms with van der Waals surface area (Å²) in [6.45, 7) is 0. The lowest BCUT2D eigenvalue weighted by Gasteiger charge is -2.45. The van der Waals surface area contributed by atoms with Crippen molar-refractivity contribution in [3.63, 3.8) is 0 Å². The SMILES string of the molecule is N#Cc1cccc2c1oc1c(N(c3ccc(F)cc3)c3cc4c(c5ccccc35)-c3c(ccc5ccccc35)C43c4ccccc4N(c4ccccc4)c4ccccc43)cccc12. The molecule has 0 N–H and O–H groups in total. The summed E-state index contributed by atoms with van der Waals surface area (Å²) >= 11 is 0. The molecule has 13 rings (SSSR count). The normalized spacial score (nSPS) is 13.2. The van der Waals surface area contributed by atoms with Crippen molar-refractivity contribution in [2.75, 3.05) is 9.80 Å². The minimum atomic E-state index is -0.756. The van der Waals surface area contributed by atoms with Crippen LogP contribution in [0.1, 0.15) is 27.8 Å². The third-order valence-corrected chi connectivity index (χ3v) is 13.3. The Bertz CT molecular complexity index is 3690. The lowest BCUT2D eigenvalue weighted by Crippen LogP contribution is -2.36. The van der Waals surface area contributed by atoms with Crippen molar-refractivity contribution in [1.82, 2.24) is 0 Å². The number of nitriles is 1. The molecule has 63 heavy (non-hydrogen) atoms. The molecule has 4 nitrogen and oxygen atoms in total. The molecule has 2 heterocycles. The molecule has 11 aromatic rings. The summed E-state index contributed by atoms with van der Waals surface area (Å²) in [4.78, 5) is 4.61. The third kappa shape index (κ3) is 4.78. The molecular formula is C58H34FN3O. The van der Waals surface area contributed by atoms with Crippen LogP contribution in [0.2, 0.25) is 0 Å². The van der Waals surface area contributed by atoms with Crippen LogP contribution in [0.25, 0.3) is 54.6 Å². The zero-order chi connectivity index (χ0) is 41.8. The van der Waals surface area contributed by atoms with Crippen LogP contribution in [0.4, 0.5) is 38.5 Å². The second-order valence-electron chi connectivity index (χ2n) is 16.4. The van der Waals surface area contributed by atoms with Crippen molar-refractivity contribution >= 4 is 77.6 Å². The molecule has 5 heteroatoms. The Hall–Kier alpha value is -8.46. The van der Waals surface area contributed by atoms with Gasteiger partial charge < -0.3 is 14.2 Å². The molecule has 1 aliphatic carbocycles. The Labute approximate surface area is 362 Å². The highest BCUT2D eigenvalue weighted by molar-refractivity contribution is 6.18. The van der Waals surface area contributed by atoms with E-state index < -0.39 is 5.41 Å². The molecule has 0 amide bonds. The van der Waals surface area contributed by atoms with Gasteiger partial charge in [-0.3, -0.25) is 0 Å². The van der Waals surface area contributed by atoms with Gasteiger partial charge in [0.2, 0.25) is 0 Å². The molecule has 0 radical (unpaired) electrons. The van der Waals surface area contributed by atoms with Gasteiger partial charge in [-0.25, -0.2) is 4.39 Å². The Kier molecular flexibility index (Phi) is 7.44. The number of hydrogen-bond acceptors (Lipinski definition) is 4. The first-order valence-corrected chi connectivity index (χ1v) is 21.2. The second-order valence-corrected chi connectivity index (χ2v) is 16.4. The molecule has 1 aliphatic heterocycles. The minimum absolute atomic E-state index is 0.321. The number of nitrogens with zero attached hydrogens (tertiary/aromatic N) is 3. The topological polar surface area (TPSA) is 43.4 Å². The maximum atomic E-state index is 14.9. The molecule has 0 fully saturated rings. The zero-order valence-corrected chi connectivity index (χ0v) is 33.8. The maximum Gasteiger partial charge on any atom is 0.159 e. The van der Waals surface area contributed by atoms with Gasteiger partial charge in [0.25, 0.3) is 0 Å². The van der Waals surface area contributed by atoms with E-state index in [4.69, 9.17) is 4.42 Å². The predicted molar refractivity (Wildman–Crippen MR) is 254 cm³/mol. The van der Waals surface area contributed by atoms with Gasteiger partial charge in [0.1, 0.15) is 11.9 Å². The average Bonchev–Trinajstić information content (AvgIpc) is 3.88. The molecule has 0 unspecified atom stereocenters. The highest BCUT2D eigenvalue weighted by Crippen LogP contribution is 2.66. The van der Waals surface area contributed by atoms with Crippen LogP contribution in [0.15, 0.2) is 211 Å². The fraction of sp³-hybridized carbons (Fsp3) is 0.0172. The van der Waals surface area contributed by atoms with Crippen LogP contribution >= 0.6 is 0 Å². The molecule has 1 spiro atoms. The first kappa shape index (κ1) is 35.3. The molecule has 294 valence electrons. The summed E-state index contributed by atoms with van der Waals surface area (Å²) in [6, 6.07) is 73.7. The standard InChI is InChI=1S/C58H34FN3O/c59-38-29-31-40(32-30-38)62(52-27-13-22-45-44-21-12-15-37(35-60)56(44)63-57(45)52)53-34-49-55(43-20-7-6-19-42(43)53)54-41-18-5-4-14-36(41)28-33-48(54)58(49)46-23-8-10-25-50(46)61(39-16-2-1-3-17-39)51-26-11-9-24-47(51)58/h1-34H. The van der Waals surface area contributed by atoms with Crippen molar-refractivity contribution in [2.45, 2.75) is 5.41 Å². The summed E-state index contributed by atoms with van der Waals surface area (Å²) in [6.07, 6.45) is 0. The quantitative estimate of drug-likeness (QED) is 0.178. The Morgan fingerprint density at radius 2 is 1.08 bits per heavy atom.